The summed E-state index contributed by atoms with van der Waals surface area (Å²) in [5, 5.41) is 20.2. The van der Waals surface area contributed by atoms with Gasteiger partial charge < -0.3 is 54.9 Å². The molecule has 2 unspecified atom stereocenters. The molecule has 4 aliphatic heterocycles. The molecule has 7 amide bonds. The molecule has 0 aliphatic carbocycles. The van der Waals surface area contributed by atoms with Crippen LogP contribution in [-0.4, -0.2) is 183 Å². The van der Waals surface area contributed by atoms with E-state index in [1.165, 1.54) is 47.6 Å². The van der Waals surface area contributed by atoms with Crippen molar-refractivity contribution in [2.24, 2.45) is 29.6 Å². The lowest BCUT2D eigenvalue weighted by Gasteiger charge is -2.36. The van der Waals surface area contributed by atoms with E-state index in [-0.39, 0.29) is 70.0 Å². The Morgan fingerprint density at radius 2 is 1.51 bits per heavy atom. The minimum Gasteiger partial charge on any atom is -0.497 e. The van der Waals surface area contributed by atoms with Gasteiger partial charge in [0.05, 0.1) is 31.6 Å². The second-order valence-electron chi connectivity index (χ2n) is 23.5. The van der Waals surface area contributed by atoms with Crippen LogP contribution in [0.15, 0.2) is 24.3 Å². The molecule has 0 radical (unpaired) electrons. The number of benzene rings is 1. The van der Waals surface area contributed by atoms with Crippen LogP contribution in [0.5, 0.6) is 5.75 Å². The first-order valence-electron chi connectivity index (χ1n) is 28.4. The van der Waals surface area contributed by atoms with Crippen molar-refractivity contribution in [2.45, 2.75) is 200 Å². The van der Waals surface area contributed by atoms with Crippen LogP contribution >= 0.6 is 0 Å². The Hall–Kier alpha value is -6.45. The van der Waals surface area contributed by atoms with Crippen LogP contribution in [0, 0.1) is 29.6 Å². The van der Waals surface area contributed by atoms with Crippen molar-refractivity contribution in [3.8, 4) is 5.75 Å². The first kappa shape index (κ1) is 64.4. The number of rotatable bonds is 14. The highest BCUT2D eigenvalue weighted by molar-refractivity contribution is 6.35. The number of esters is 2. The van der Waals surface area contributed by atoms with Gasteiger partial charge in [-0.3, -0.25) is 47.9 Å². The van der Waals surface area contributed by atoms with Crippen LogP contribution in [-0.2, 0) is 68.6 Å². The number of ether oxygens (including phenoxy) is 3. The fraction of sp³-hybridized carbons (Fsp3) is 0.707. The van der Waals surface area contributed by atoms with Crippen molar-refractivity contribution >= 4 is 64.9 Å². The molecule has 4 saturated heterocycles. The maximum atomic E-state index is 15.1. The van der Waals surface area contributed by atoms with Crippen molar-refractivity contribution in [2.75, 3.05) is 33.8 Å². The van der Waals surface area contributed by atoms with Gasteiger partial charge in [0, 0.05) is 40.0 Å². The van der Waals surface area contributed by atoms with E-state index in [1.54, 1.807) is 52.0 Å². The number of likely N-dealkylation sites (tertiary alicyclic amines) is 2. The molecule has 1 aromatic rings. The molecule has 4 N–H and O–H groups in total. The van der Waals surface area contributed by atoms with Gasteiger partial charge in [-0.1, -0.05) is 73.9 Å². The molecule has 12 atom stereocenters. The fourth-order valence-corrected chi connectivity index (χ4v) is 11.5. The van der Waals surface area contributed by atoms with Gasteiger partial charge in [0.15, 0.2) is 11.9 Å². The third-order valence-corrected chi connectivity index (χ3v) is 16.3. The predicted molar refractivity (Wildman–Crippen MR) is 292 cm³/mol. The number of nitrogens with zero attached hydrogens (tertiary/aromatic N) is 4. The number of aliphatic hydroxyl groups is 1. The molecule has 444 valence electrons. The van der Waals surface area contributed by atoms with Gasteiger partial charge in [-0.05, 0) is 100 Å². The summed E-state index contributed by atoms with van der Waals surface area (Å²) in [6.07, 6.45) is -3.48. The molecular weight excluding hydrogens is 1030 g/mol. The zero-order chi connectivity index (χ0) is 59.7. The number of fused-ring (bicyclic) bond motifs is 1. The van der Waals surface area contributed by atoms with E-state index >= 15 is 9.59 Å². The number of ketones is 2. The Morgan fingerprint density at radius 3 is 2.10 bits per heavy atom. The number of likely N-dealkylation sites (N-methyl/N-ethyl adjacent to an activating group) is 1. The highest BCUT2D eigenvalue weighted by Crippen LogP contribution is 2.40. The van der Waals surface area contributed by atoms with E-state index in [0.717, 1.165) is 6.92 Å². The monoisotopic (exact) mass is 1120 g/mol. The Labute approximate surface area is 470 Å². The molecule has 4 aliphatic rings. The summed E-state index contributed by atoms with van der Waals surface area (Å²) in [6.45, 7) is 18.3. The second-order valence-corrected chi connectivity index (χ2v) is 23.5. The van der Waals surface area contributed by atoms with Crippen LogP contribution in [0.2, 0.25) is 0 Å². The number of amides is 7. The van der Waals surface area contributed by atoms with Gasteiger partial charge in [-0.2, -0.15) is 0 Å². The number of carbonyl (C=O) groups is 11. The summed E-state index contributed by atoms with van der Waals surface area (Å²) >= 11 is 0. The molecule has 4 heterocycles. The molecule has 1 spiro atoms. The van der Waals surface area contributed by atoms with Crippen LogP contribution < -0.4 is 20.7 Å². The fourth-order valence-electron chi connectivity index (χ4n) is 11.5. The second kappa shape index (κ2) is 27.8. The molecule has 22 heteroatoms. The smallest absolute Gasteiger partial charge is 0.329 e. The normalized spacial score (nSPS) is 28.9. The zero-order valence-electron chi connectivity index (χ0n) is 49.0. The first-order chi connectivity index (χ1) is 37.6. The topological polar surface area (TPSA) is 285 Å². The number of Topliss-reactive ketones (excluding diaryl/α,β-unsaturated/α-hetero) is 2. The molecule has 0 saturated carbocycles. The van der Waals surface area contributed by atoms with Crippen LogP contribution in [0.25, 0.3) is 0 Å². The van der Waals surface area contributed by atoms with E-state index in [2.05, 4.69) is 16.0 Å². The van der Waals surface area contributed by atoms with Crippen molar-refractivity contribution in [3.63, 3.8) is 0 Å². The lowest BCUT2D eigenvalue weighted by molar-refractivity contribution is -0.163. The SMILES string of the molecule is CC[C@H](C)[C@H]1NC(=O)[C@@H](NC(=O)[C@@H](CC(C)C)N2CCC3(CCCN3C(=O)C(C)=O)C2=O)[C@@H](C)OC(=O)[C@H](Cc2ccc(OC)cc2)N(C)C(=O)C2CCCN2C(=O)[C@H](CC(C)C)NC(=O)[C@@H](C)C(=O)[C@H](C(C)C)OC(=O)C[C@@H]1O. The molecular formula is C58H87N7O15. The summed E-state index contributed by atoms with van der Waals surface area (Å²) < 4.78 is 17.3. The van der Waals surface area contributed by atoms with Crippen molar-refractivity contribution in [1.29, 1.82) is 0 Å². The molecule has 0 bridgehead atoms. The third kappa shape index (κ3) is 14.9. The van der Waals surface area contributed by atoms with Crippen LogP contribution in [0.3, 0.4) is 0 Å². The Bertz CT molecular complexity index is 2470. The quantitative estimate of drug-likeness (QED) is 0.118. The Kier molecular flexibility index (Phi) is 22.4. The summed E-state index contributed by atoms with van der Waals surface area (Å²) in [5.41, 5.74) is -0.785. The molecule has 1 aromatic carbocycles. The number of hydrogen-bond donors (Lipinski definition) is 4. The molecule has 4 fully saturated rings. The first-order valence-corrected chi connectivity index (χ1v) is 28.4. The maximum Gasteiger partial charge on any atom is 0.329 e. The lowest BCUT2D eigenvalue weighted by atomic mass is 9.91. The van der Waals surface area contributed by atoms with Gasteiger partial charge in [-0.15, -0.1) is 0 Å². The molecule has 22 nitrogen and oxygen atoms in total. The van der Waals surface area contributed by atoms with Gasteiger partial charge in [0.25, 0.3) is 5.91 Å². The number of aliphatic hydroxyl groups excluding tert-OH is 1. The van der Waals surface area contributed by atoms with Crippen molar-refractivity contribution in [3.05, 3.63) is 29.8 Å². The van der Waals surface area contributed by atoms with E-state index in [0.29, 0.717) is 30.6 Å². The van der Waals surface area contributed by atoms with Crippen molar-refractivity contribution in [1.82, 2.24) is 35.6 Å². The average molecular weight is 1120 g/mol. The Morgan fingerprint density at radius 1 is 0.850 bits per heavy atom. The molecule has 5 rings (SSSR count). The van der Waals surface area contributed by atoms with Crippen LogP contribution in [0.1, 0.15) is 140 Å². The summed E-state index contributed by atoms with van der Waals surface area (Å²) in [5.74, 6) is -11.1. The number of hydrogen-bond acceptors (Lipinski definition) is 15. The summed E-state index contributed by atoms with van der Waals surface area (Å²) in [6, 6.07) is -1.17. The molecule has 80 heavy (non-hydrogen) atoms. The minimum atomic E-state index is -1.76. The van der Waals surface area contributed by atoms with Gasteiger partial charge >= 0.3 is 11.9 Å². The van der Waals surface area contributed by atoms with Crippen molar-refractivity contribution < 1.29 is 72.1 Å². The highest BCUT2D eigenvalue weighted by Gasteiger charge is 2.57. The van der Waals surface area contributed by atoms with E-state index in [9.17, 15) is 48.3 Å². The van der Waals surface area contributed by atoms with E-state index in [1.807, 2.05) is 27.7 Å². The Balaban J connectivity index is 1.63. The van der Waals surface area contributed by atoms with Crippen LogP contribution in [0.4, 0.5) is 0 Å². The van der Waals surface area contributed by atoms with E-state index in [4.69, 9.17) is 14.2 Å². The molecule has 0 aromatic heterocycles. The summed E-state index contributed by atoms with van der Waals surface area (Å²) in [7, 11) is 2.89. The van der Waals surface area contributed by atoms with Gasteiger partial charge in [0.1, 0.15) is 47.6 Å². The highest BCUT2D eigenvalue weighted by atomic mass is 16.6. The zero-order valence-corrected chi connectivity index (χ0v) is 49.0. The predicted octanol–water partition coefficient (Wildman–Crippen LogP) is 2.67. The van der Waals surface area contributed by atoms with Gasteiger partial charge in [0.2, 0.25) is 41.2 Å². The third-order valence-electron chi connectivity index (χ3n) is 16.3. The number of methoxy groups -OCH3 is 1. The minimum absolute atomic E-state index is 0.0376. The number of cyclic esters (lactones) is 2. The van der Waals surface area contributed by atoms with Gasteiger partial charge in [-0.25, -0.2) is 4.79 Å². The number of carbonyl (C=O) groups excluding carboxylic acids is 11. The van der Waals surface area contributed by atoms with E-state index < -0.39 is 149 Å². The lowest BCUT2D eigenvalue weighted by Crippen LogP contribution is -2.62. The largest absolute Gasteiger partial charge is 0.497 e. The number of nitrogens with one attached hydrogen (secondary N) is 3. The standard InChI is InChI=1S/C58H87N7O15/c1-14-34(8)46-44(67)30-45(68)80-49(33(6)7)48(69)35(9)50(70)59-40(27-31(2)3)54(74)63-24-15-17-41(63)55(75)62(12)43(29-38-18-20-39(78-13)21-19-38)56(76)79-37(11)47(52(72)60-46)61-51(71)42(28-32(4)5)64-26-23-58(57(64)77)22-16-25-65(58)53(73)36(10)66/h18-21,31-35,37,40-44,46-47,49,67H,14-17,22-30H2,1-13H3,(H,59,70)(H,60,72)(H,61,71)/t34-,35-,37+,40-,41?,42+,43-,44-,46+,47-,49-,58?/m0/s1. The average Bonchev–Trinajstić information content (AvgIpc) is 4.16. The maximum absolute atomic E-state index is 15.1. The summed E-state index contributed by atoms with van der Waals surface area (Å²) in [4.78, 5) is 162.